The third-order valence-corrected chi connectivity index (χ3v) is 4.72. The van der Waals surface area contributed by atoms with Crippen LogP contribution in [0.3, 0.4) is 0 Å². The van der Waals surface area contributed by atoms with Gasteiger partial charge in [-0.3, -0.25) is 4.79 Å². The fourth-order valence-electron chi connectivity index (χ4n) is 3.08. The molecule has 2 aromatic rings. The number of hydrogen-bond acceptors (Lipinski definition) is 5. The molecule has 1 fully saturated rings. The second-order valence-corrected chi connectivity index (χ2v) is 6.98. The number of aromatic nitrogens is 3. The van der Waals surface area contributed by atoms with Crippen molar-refractivity contribution in [2.75, 3.05) is 19.6 Å². The molecule has 2 N–H and O–H groups in total. The summed E-state index contributed by atoms with van der Waals surface area (Å²) in [5.41, 5.74) is 1.18. The van der Waals surface area contributed by atoms with Crippen molar-refractivity contribution in [3.05, 3.63) is 40.7 Å². The number of ether oxygens (including phenoxy) is 1. The van der Waals surface area contributed by atoms with Gasteiger partial charge in [0.15, 0.2) is 5.69 Å². The maximum Gasteiger partial charge on any atom is 0.273 e. The molecule has 0 radical (unpaired) electrons. The molecule has 9 heteroatoms. The first-order valence-electron chi connectivity index (χ1n) is 8.87. The highest BCUT2D eigenvalue weighted by atomic mass is 35.5. The Morgan fingerprint density at radius 2 is 2.19 bits per heavy atom. The minimum absolute atomic E-state index is 0. The Hall–Kier alpha value is -1.83. The molecule has 0 bridgehead atoms. The van der Waals surface area contributed by atoms with Gasteiger partial charge in [-0.2, -0.15) is 0 Å². The van der Waals surface area contributed by atoms with Gasteiger partial charge in [-0.1, -0.05) is 22.9 Å². The molecular weight excluding hydrogens is 389 g/mol. The van der Waals surface area contributed by atoms with Crippen LogP contribution in [0.2, 0.25) is 5.02 Å². The maximum absolute atomic E-state index is 12.5. The molecule has 1 unspecified atom stereocenters. The summed E-state index contributed by atoms with van der Waals surface area (Å²) in [6.45, 7) is 6.07. The number of benzene rings is 1. The number of hydrogen-bond donors (Lipinski definition) is 2. The Morgan fingerprint density at radius 1 is 1.44 bits per heavy atom. The van der Waals surface area contributed by atoms with Gasteiger partial charge < -0.3 is 15.4 Å². The van der Waals surface area contributed by atoms with Crippen LogP contribution in [0.4, 0.5) is 0 Å². The first-order chi connectivity index (χ1) is 12.5. The Kier molecular flexibility index (Phi) is 7.89. The zero-order chi connectivity index (χ0) is 18.5. The summed E-state index contributed by atoms with van der Waals surface area (Å²) in [5.74, 6) is 0.441. The lowest BCUT2D eigenvalue weighted by Gasteiger charge is -2.23. The average molecular weight is 414 g/mol. The van der Waals surface area contributed by atoms with E-state index < -0.39 is 0 Å². The molecule has 1 aromatic heterocycles. The number of rotatable bonds is 6. The molecule has 0 saturated carbocycles. The van der Waals surface area contributed by atoms with Crippen molar-refractivity contribution < 1.29 is 9.53 Å². The number of carbonyl (C=O) groups is 1. The lowest BCUT2D eigenvalue weighted by atomic mass is 10.1. The lowest BCUT2D eigenvalue weighted by molar-refractivity contribution is 0.0926. The van der Waals surface area contributed by atoms with E-state index in [1.54, 1.807) is 12.1 Å². The second kappa shape index (κ2) is 9.92. The fraction of sp³-hybridized carbons (Fsp3) is 0.500. The summed E-state index contributed by atoms with van der Waals surface area (Å²) in [7, 11) is 0. The van der Waals surface area contributed by atoms with Crippen molar-refractivity contribution >= 4 is 29.9 Å². The molecule has 1 aliphatic rings. The van der Waals surface area contributed by atoms with Crippen molar-refractivity contribution in [2.24, 2.45) is 0 Å². The SMILES string of the molecule is Cc1c(C(=O)NCC(C)Oc2cccc(Cl)c2)nnn1C1CCNCC1.Cl. The van der Waals surface area contributed by atoms with Crippen LogP contribution in [0.1, 0.15) is 42.0 Å². The molecule has 1 amide bonds. The maximum atomic E-state index is 12.5. The van der Waals surface area contributed by atoms with E-state index in [4.69, 9.17) is 16.3 Å². The van der Waals surface area contributed by atoms with Crippen LogP contribution in [0.25, 0.3) is 0 Å². The molecule has 3 rings (SSSR count). The van der Waals surface area contributed by atoms with E-state index in [2.05, 4.69) is 20.9 Å². The van der Waals surface area contributed by atoms with Crippen molar-refractivity contribution in [3.8, 4) is 5.75 Å². The van der Waals surface area contributed by atoms with Gasteiger partial charge >= 0.3 is 0 Å². The van der Waals surface area contributed by atoms with Gasteiger partial charge in [0.1, 0.15) is 11.9 Å². The lowest BCUT2D eigenvalue weighted by Crippen LogP contribution is -2.34. The predicted octanol–water partition coefficient (Wildman–Crippen LogP) is 2.78. The quantitative estimate of drug-likeness (QED) is 0.760. The molecule has 1 aliphatic heterocycles. The van der Waals surface area contributed by atoms with Crippen LogP contribution in [-0.2, 0) is 0 Å². The second-order valence-electron chi connectivity index (χ2n) is 6.55. The highest BCUT2D eigenvalue weighted by molar-refractivity contribution is 6.30. The number of nitrogens with zero attached hydrogens (tertiary/aromatic N) is 3. The third-order valence-electron chi connectivity index (χ3n) is 4.48. The van der Waals surface area contributed by atoms with Crippen LogP contribution >= 0.6 is 24.0 Å². The van der Waals surface area contributed by atoms with E-state index in [9.17, 15) is 4.79 Å². The van der Waals surface area contributed by atoms with Crippen LogP contribution in [0.5, 0.6) is 5.75 Å². The first-order valence-corrected chi connectivity index (χ1v) is 9.25. The highest BCUT2D eigenvalue weighted by Crippen LogP contribution is 2.20. The molecule has 0 spiro atoms. The molecule has 7 nitrogen and oxygen atoms in total. The van der Waals surface area contributed by atoms with Gasteiger partial charge in [0.2, 0.25) is 0 Å². The third kappa shape index (κ3) is 5.57. The number of piperidine rings is 1. The van der Waals surface area contributed by atoms with E-state index in [0.717, 1.165) is 31.6 Å². The highest BCUT2D eigenvalue weighted by Gasteiger charge is 2.23. The average Bonchev–Trinajstić information content (AvgIpc) is 3.02. The monoisotopic (exact) mass is 413 g/mol. The molecule has 1 atom stereocenters. The van der Waals surface area contributed by atoms with Gasteiger partial charge in [-0.15, -0.1) is 17.5 Å². The van der Waals surface area contributed by atoms with Crippen molar-refractivity contribution in [2.45, 2.75) is 38.8 Å². The first kappa shape index (κ1) is 21.5. The molecule has 2 heterocycles. The topological polar surface area (TPSA) is 81.1 Å². The summed E-state index contributed by atoms with van der Waals surface area (Å²) in [6, 6.07) is 7.49. The zero-order valence-electron chi connectivity index (χ0n) is 15.4. The minimum Gasteiger partial charge on any atom is -0.489 e. The number of carbonyl (C=O) groups excluding carboxylic acids is 1. The summed E-state index contributed by atoms with van der Waals surface area (Å²) >= 11 is 5.95. The van der Waals surface area contributed by atoms with Gasteiger partial charge in [0.05, 0.1) is 18.3 Å². The summed E-state index contributed by atoms with van der Waals surface area (Å²) < 4.78 is 7.64. The van der Waals surface area contributed by atoms with E-state index in [1.807, 2.05) is 30.7 Å². The van der Waals surface area contributed by atoms with Crippen molar-refractivity contribution in [1.29, 1.82) is 0 Å². The van der Waals surface area contributed by atoms with Crippen LogP contribution < -0.4 is 15.4 Å². The predicted molar refractivity (Wildman–Crippen MR) is 107 cm³/mol. The molecular formula is C18H25Cl2N5O2. The van der Waals surface area contributed by atoms with Crippen molar-refractivity contribution in [1.82, 2.24) is 25.6 Å². The van der Waals surface area contributed by atoms with E-state index in [1.165, 1.54) is 0 Å². The smallest absolute Gasteiger partial charge is 0.273 e. The van der Waals surface area contributed by atoms with E-state index in [0.29, 0.717) is 29.1 Å². The number of halogens is 2. The zero-order valence-corrected chi connectivity index (χ0v) is 17.0. The summed E-state index contributed by atoms with van der Waals surface area (Å²) in [5, 5.41) is 15.1. The van der Waals surface area contributed by atoms with Gasteiger partial charge in [-0.25, -0.2) is 4.68 Å². The standard InChI is InChI=1S/C18H24ClN5O2.ClH/c1-12(26-16-5-3-4-14(19)10-16)11-21-18(25)17-13(2)24(23-22-17)15-6-8-20-9-7-15;/h3-5,10,12,15,20H,6-9,11H2,1-2H3,(H,21,25);1H. The van der Waals surface area contributed by atoms with E-state index in [-0.39, 0.29) is 24.4 Å². The normalized spacial score (nSPS) is 15.7. The van der Waals surface area contributed by atoms with Crippen LogP contribution in [0, 0.1) is 6.92 Å². The molecule has 27 heavy (non-hydrogen) atoms. The van der Waals surface area contributed by atoms with Crippen LogP contribution in [0.15, 0.2) is 24.3 Å². The van der Waals surface area contributed by atoms with E-state index >= 15 is 0 Å². The Balaban J connectivity index is 0.00000261. The molecule has 1 aromatic carbocycles. The van der Waals surface area contributed by atoms with Crippen LogP contribution in [-0.4, -0.2) is 46.6 Å². The number of amides is 1. The molecule has 148 valence electrons. The summed E-state index contributed by atoms with van der Waals surface area (Å²) in [6.07, 6.45) is 1.79. The van der Waals surface area contributed by atoms with Gasteiger partial charge in [-0.05, 0) is 58.0 Å². The molecule has 0 aliphatic carbocycles. The largest absolute Gasteiger partial charge is 0.489 e. The van der Waals surface area contributed by atoms with Gasteiger partial charge in [0.25, 0.3) is 5.91 Å². The molecule has 1 saturated heterocycles. The van der Waals surface area contributed by atoms with Gasteiger partial charge in [0, 0.05) is 5.02 Å². The Labute approximate surface area is 170 Å². The fourth-order valence-corrected chi connectivity index (χ4v) is 3.26. The van der Waals surface area contributed by atoms with Crippen molar-refractivity contribution in [3.63, 3.8) is 0 Å². The summed E-state index contributed by atoms with van der Waals surface area (Å²) in [4.78, 5) is 12.5. The Morgan fingerprint density at radius 3 is 2.89 bits per heavy atom. The number of nitrogens with one attached hydrogen (secondary N) is 2. The minimum atomic E-state index is -0.232. The Bertz CT molecular complexity index is 762.